The molecular formula is C12H17NO3. The summed E-state index contributed by atoms with van der Waals surface area (Å²) in [5.41, 5.74) is 0.838. The highest BCUT2D eigenvalue weighted by molar-refractivity contribution is 5.51. The van der Waals surface area contributed by atoms with E-state index in [1.807, 2.05) is 6.07 Å². The molecule has 4 nitrogen and oxygen atoms in total. The molecule has 0 spiro atoms. The van der Waals surface area contributed by atoms with Crippen molar-refractivity contribution in [1.82, 2.24) is 5.32 Å². The van der Waals surface area contributed by atoms with Gasteiger partial charge in [-0.05, 0) is 18.5 Å². The molecule has 0 bridgehead atoms. The third-order valence-electron chi connectivity index (χ3n) is 2.44. The number of hydrogen-bond acceptors (Lipinski definition) is 4. The summed E-state index contributed by atoms with van der Waals surface area (Å²) in [7, 11) is 0. The molecule has 4 heteroatoms. The molecule has 2 N–H and O–H groups in total. The minimum atomic E-state index is 0.234. The molecule has 0 radical (unpaired) electrons. The molecule has 0 fully saturated rings. The second-order valence-corrected chi connectivity index (χ2v) is 4.36. The van der Waals surface area contributed by atoms with E-state index in [0.717, 1.165) is 12.1 Å². The maximum absolute atomic E-state index is 9.76. The molecule has 16 heavy (non-hydrogen) atoms. The number of aromatic hydroxyl groups is 1. The quantitative estimate of drug-likeness (QED) is 0.818. The monoisotopic (exact) mass is 223 g/mol. The fourth-order valence-corrected chi connectivity index (χ4v) is 1.61. The maximum Gasteiger partial charge on any atom is 0.231 e. The third-order valence-corrected chi connectivity index (χ3v) is 2.44. The number of benzene rings is 1. The number of rotatable bonds is 4. The van der Waals surface area contributed by atoms with Crippen molar-refractivity contribution in [3.8, 4) is 17.2 Å². The number of nitrogens with one attached hydrogen (secondary N) is 1. The molecule has 0 saturated carbocycles. The average molecular weight is 223 g/mol. The van der Waals surface area contributed by atoms with Crippen LogP contribution in [0, 0.1) is 5.92 Å². The van der Waals surface area contributed by atoms with E-state index in [1.54, 1.807) is 6.07 Å². The van der Waals surface area contributed by atoms with E-state index in [-0.39, 0.29) is 12.5 Å². The fraction of sp³-hybridized carbons (Fsp3) is 0.500. The molecule has 0 aromatic heterocycles. The molecule has 1 aromatic rings. The van der Waals surface area contributed by atoms with Gasteiger partial charge in [0.25, 0.3) is 0 Å². The van der Waals surface area contributed by atoms with Crippen molar-refractivity contribution in [3.63, 3.8) is 0 Å². The van der Waals surface area contributed by atoms with Gasteiger partial charge in [-0.2, -0.15) is 0 Å². The number of ether oxygens (including phenoxy) is 2. The third kappa shape index (κ3) is 2.39. The second-order valence-electron chi connectivity index (χ2n) is 4.36. The van der Waals surface area contributed by atoms with Crippen molar-refractivity contribution >= 4 is 0 Å². The summed E-state index contributed by atoms with van der Waals surface area (Å²) in [5.74, 6) is 2.17. The smallest absolute Gasteiger partial charge is 0.231 e. The fourth-order valence-electron chi connectivity index (χ4n) is 1.61. The number of fused-ring (bicyclic) bond motifs is 1. The first-order valence-electron chi connectivity index (χ1n) is 5.49. The molecule has 2 rings (SSSR count). The molecule has 0 atom stereocenters. The predicted octanol–water partition coefficient (Wildman–Crippen LogP) is 1.87. The van der Waals surface area contributed by atoms with Crippen molar-refractivity contribution in [2.45, 2.75) is 20.4 Å². The molecule has 1 heterocycles. The van der Waals surface area contributed by atoms with Crippen LogP contribution in [0.3, 0.4) is 0 Å². The highest BCUT2D eigenvalue weighted by Crippen LogP contribution is 2.37. The molecule has 0 aliphatic carbocycles. The first-order valence-corrected chi connectivity index (χ1v) is 5.49. The first-order chi connectivity index (χ1) is 7.66. The Morgan fingerprint density at radius 2 is 2.00 bits per heavy atom. The maximum atomic E-state index is 9.76. The lowest BCUT2D eigenvalue weighted by Gasteiger charge is -2.09. The van der Waals surface area contributed by atoms with Crippen LogP contribution in [0.15, 0.2) is 12.1 Å². The van der Waals surface area contributed by atoms with Crippen molar-refractivity contribution in [1.29, 1.82) is 0 Å². The van der Waals surface area contributed by atoms with Crippen molar-refractivity contribution in [2.24, 2.45) is 5.92 Å². The van der Waals surface area contributed by atoms with Gasteiger partial charge in [0.15, 0.2) is 11.5 Å². The summed E-state index contributed by atoms with van der Waals surface area (Å²) in [6, 6.07) is 3.43. The van der Waals surface area contributed by atoms with Crippen LogP contribution in [0.4, 0.5) is 0 Å². The minimum absolute atomic E-state index is 0.234. The summed E-state index contributed by atoms with van der Waals surface area (Å²) in [6.07, 6.45) is 0. The van der Waals surface area contributed by atoms with Gasteiger partial charge in [0.2, 0.25) is 6.79 Å². The summed E-state index contributed by atoms with van der Waals surface area (Å²) in [6.45, 7) is 6.09. The van der Waals surface area contributed by atoms with Crippen molar-refractivity contribution < 1.29 is 14.6 Å². The van der Waals surface area contributed by atoms with Gasteiger partial charge in [0.05, 0.1) is 0 Å². The van der Waals surface area contributed by atoms with Gasteiger partial charge >= 0.3 is 0 Å². The van der Waals surface area contributed by atoms with Gasteiger partial charge in [0, 0.05) is 18.2 Å². The highest BCUT2D eigenvalue weighted by atomic mass is 16.7. The number of phenolic OH excluding ortho intramolecular Hbond substituents is 1. The van der Waals surface area contributed by atoms with Gasteiger partial charge in [0.1, 0.15) is 5.75 Å². The topological polar surface area (TPSA) is 50.7 Å². The molecule has 1 aromatic carbocycles. The Hall–Kier alpha value is -1.42. The van der Waals surface area contributed by atoms with Crippen LogP contribution in [-0.2, 0) is 6.54 Å². The molecule has 88 valence electrons. The van der Waals surface area contributed by atoms with Crippen molar-refractivity contribution in [3.05, 3.63) is 17.7 Å². The average Bonchev–Trinajstić information content (AvgIpc) is 2.64. The van der Waals surface area contributed by atoms with E-state index in [2.05, 4.69) is 19.2 Å². The molecule has 0 amide bonds. The van der Waals surface area contributed by atoms with E-state index in [0.29, 0.717) is 24.0 Å². The normalized spacial score (nSPS) is 13.4. The van der Waals surface area contributed by atoms with E-state index < -0.39 is 0 Å². The zero-order valence-electron chi connectivity index (χ0n) is 9.62. The van der Waals surface area contributed by atoms with Gasteiger partial charge in [-0.15, -0.1) is 0 Å². The Kier molecular flexibility index (Phi) is 3.19. The second kappa shape index (κ2) is 4.61. The van der Waals surface area contributed by atoms with E-state index in [4.69, 9.17) is 9.47 Å². The van der Waals surface area contributed by atoms with E-state index >= 15 is 0 Å². The lowest BCUT2D eigenvalue weighted by Crippen LogP contribution is -2.18. The molecule has 1 aliphatic rings. The van der Waals surface area contributed by atoms with Gasteiger partial charge in [-0.3, -0.25) is 0 Å². The van der Waals surface area contributed by atoms with Crippen LogP contribution in [0.25, 0.3) is 0 Å². The number of hydrogen-bond donors (Lipinski definition) is 2. The van der Waals surface area contributed by atoms with Crippen LogP contribution in [0.2, 0.25) is 0 Å². The zero-order chi connectivity index (χ0) is 11.5. The Labute approximate surface area is 95.2 Å². The Bertz CT molecular complexity index is 377. The largest absolute Gasteiger partial charge is 0.507 e. The van der Waals surface area contributed by atoms with Gasteiger partial charge < -0.3 is 19.9 Å². The zero-order valence-corrected chi connectivity index (χ0v) is 9.62. The minimum Gasteiger partial charge on any atom is -0.507 e. The summed E-state index contributed by atoms with van der Waals surface area (Å²) >= 11 is 0. The SMILES string of the molecule is CC(C)CNCc1cc2c(cc1O)OCO2. The lowest BCUT2D eigenvalue weighted by atomic mass is 10.1. The summed E-state index contributed by atoms with van der Waals surface area (Å²) in [5, 5.41) is 13.0. The molecular weight excluding hydrogens is 206 g/mol. The summed E-state index contributed by atoms with van der Waals surface area (Å²) in [4.78, 5) is 0. The van der Waals surface area contributed by atoms with Crippen LogP contribution in [0.5, 0.6) is 17.2 Å². The highest BCUT2D eigenvalue weighted by Gasteiger charge is 2.16. The molecule has 0 saturated heterocycles. The van der Waals surface area contributed by atoms with Crippen LogP contribution in [0.1, 0.15) is 19.4 Å². The van der Waals surface area contributed by atoms with Crippen LogP contribution < -0.4 is 14.8 Å². The Morgan fingerprint density at radius 1 is 1.31 bits per heavy atom. The Balaban J connectivity index is 2.04. The Morgan fingerprint density at radius 3 is 2.69 bits per heavy atom. The lowest BCUT2D eigenvalue weighted by molar-refractivity contribution is 0.174. The van der Waals surface area contributed by atoms with Crippen LogP contribution >= 0.6 is 0 Å². The number of phenols is 1. The summed E-state index contributed by atoms with van der Waals surface area (Å²) < 4.78 is 10.4. The van der Waals surface area contributed by atoms with E-state index in [1.165, 1.54) is 0 Å². The van der Waals surface area contributed by atoms with Crippen LogP contribution in [-0.4, -0.2) is 18.4 Å². The molecule has 0 unspecified atom stereocenters. The predicted molar refractivity (Wildman–Crippen MR) is 60.8 cm³/mol. The first kappa shape index (κ1) is 11.1. The van der Waals surface area contributed by atoms with E-state index in [9.17, 15) is 5.11 Å². The van der Waals surface area contributed by atoms with Gasteiger partial charge in [-0.1, -0.05) is 13.8 Å². The van der Waals surface area contributed by atoms with Crippen molar-refractivity contribution in [2.75, 3.05) is 13.3 Å². The standard InChI is InChI=1S/C12H17NO3/c1-8(2)5-13-6-9-3-11-12(4-10(9)14)16-7-15-11/h3-4,8,13-14H,5-7H2,1-2H3. The van der Waals surface area contributed by atoms with Gasteiger partial charge in [-0.25, -0.2) is 0 Å². The molecule has 1 aliphatic heterocycles.